The van der Waals surface area contributed by atoms with Crippen molar-refractivity contribution in [2.24, 2.45) is 0 Å². The van der Waals surface area contributed by atoms with Gasteiger partial charge < -0.3 is 14.7 Å². The quantitative estimate of drug-likeness (QED) is 0.431. The van der Waals surface area contributed by atoms with Crippen molar-refractivity contribution in [2.75, 3.05) is 6.54 Å². The van der Waals surface area contributed by atoms with Gasteiger partial charge in [0.25, 0.3) is 5.91 Å². The van der Waals surface area contributed by atoms with Crippen LogP contribution in [0.5, 0.6) is 5.75 Å². The van der Waals surface area contributed by atoms with Gasteiger partial charge in [0.15, 0.2) is 0 Å². The van der Waals surface area contributed by atoms with Crippen molar-refractivity contribution < 1.29 is 19.4 Å². The molecule has 0 aliphatic carbocycles. The Labute approximate surface area is 208 Å². The molecule has 4 rings (SSSR count). The molecule has 0 saturated heterocycles. The van der Waals surface area contributed by atoms with E-state index in [-0.39, 0.29) is 18.1 Å². The summed E-state index contributed by atoms with van der Waals surface area (Å²) in [5, 5.41) is 10.5. The molecule has 1 atom stereocenters. The summed E-state index contributed by atoms with van der Waals surface area (Å²) in [5.41, 5.74) is 2.77. The van der Waals surface area contributed by atoms with Crippen molar-refractivity contribution in [3.05, 3.63) is 99.0 Å². The molecule has 0 aromatic heterocycles. The highest BCUT2D eigenvalue weighted by Crippen LogP contribution is 2.36. The number of carbonyl (C=O) groups excluding carboxylic acids is 1. The maximum Gasteiger partial charge on any atom is 0.323 e. The van der Waals surface area contributed by atoms with Gasteiger partial charge in [0.1, 0.15) is 17.9 Å². The van der Waals surface area contributed by atoms with Gasteiger partial charge in [0.2, 0.25) is 0 Å². The molecular formula is C27H25Cl2NO4. The number of rotatable bonds is 7. The molecule has 1 amide bonds. The highest BCUT2D eigenvalue weighted by atomic mass is 35.5. The summed E-state index contributed by atoms with van der Waals surface area (Å²) in [6.07, 6.45) is 2.25. The summed E-state index contributed by atoms with van der Waals surface area (Å²) in [6.45, 7) is 1.76. The molecular weight excluding hydrogens is 473 g/mol. The van der Waals surface area contributed by atoms with E-state index < -0.39 is 12.5 Å². The average molecular weight is 498 g/mol. The van der Waals surface area contributed by atoms with Gasteiger partial charge in [-0.2, -0.15) is 0 Å². The van der Waals surface area contributed by atoms with Gasteiger partial charge in [-0.3, -0.25) is 9.59 Å². The second kappa shape index (κ2) is 10.1. The standard InChI is InChI=1S/C27H25Cl2NO4/c1-27(15-18-5-4-7-22(28)13-18)12-11-19-14-20(9-10-24(19)34-27)26(33)30(17-25(31)32)16-21-6-2-3-8-23(21)29/h2-10,13-14H,11-12,15-17H2,1H3,(H,31,32)/t27-/m0/s1. The molecule has 0 bridgehead atoms. The number of hydrogen-bond acceptors (Lipinski definition) is 3. The van der Waals surface area contributed by atoms with E-state index in [2.05, 4.69) is 6.92 Å². The zero-order valence-electron chi connectivity index (χ0n) is 18.8. The zero-order valence-corrected chi connectivity index (χ0v) is 20.3. The van der Waals surface area contributed by atoms with Crippen LogP contribution in [-0.2, 0) is 24.2 Å². The first-order valence-electron chi connectivity index (χ1n) is 11.0. The molecule has 3 aromatic rings. The first-order chi connectivity index (χ1) is 16.2. The van der Waals surface area contributed by atoms with Crippen molar-refractivity contribution in [2.45, 2.75) is 38.3 Å². The Morgan fingerprint density at radius 3 is 2.59 bits per heavy atom. The number of nitrogens with zero attached hydrogens (tertiary/aromatic N) is 1. The maximum atomic E-state index is 13.2. The average Bonchev–Trinajstić information content (AvgIpc) is 2.79. The van der Waals surface area contributed by atoms with Crippen molar-refractivity contribution in [1.29, 1.82) is 0 Å². The van der Waals surface area contributed by atoms with Gasteiger partial charge in [0, 0.05) is 28.6 Å². The lowest BCUT2D eigenvalue weighted by Gasteiger charge is -2.36. The molecule has 1 N–H and O–H groups in total. The molecule has 1 aliphatic rings. The Kier molecular flexibility index (Phi) is 7.15. The molecule has 0 radical (unpaired) electrons. The molecule has 1 aliphatic heterocycles. The van der Waals surface area contributed by atoms with Gasteiger partial charge >= 0.3 is 5.97 Å². The van der Waals surface area contributed by atoms with E-state index in [1.165, 1.54) is 4.90 Å². The van der Waals surface area contributed by atoms with Gasteiger partial charge in [-0.05, 0) is 72.9 Å². The van der Waals surface area contributed by atoms with E-state index in [4.69, 9.17) is 27.9 Å². The van der Waals surface area contributed by atoms with Crippen LogP contribution in [0.25, 0.3) is 0 Å². The third kappa shape index (κ3) is 5.72. The number of ether oxygens (including phenoxy) is 1. The molecule has 0 spiro atoms. The molecule has 0 saturated carbocycles. The molecule has 0 unspecified atom stereocenters. The van der Waals surface area contributed by atoms with E-state index in [0.717, 1.165) is 36.1 Å². The molecule has 34 heavy (non-hydrogen) atoms. The third-order valence-electron chi connectivity index (χ3n) is 5.99. The molecule has 1 heterocycles. The summed E-state index contributed by atoms with van der Waals surface area (Å²) < 4.78 is 6.35. The molecule has 0 fully saturated rings. The lowest BCUT2D eigenvalue weighted by Crippen LogP contribution is -2.39. The van der Waals surface area contributed by atoms with Crippen LogP contribution < -0.4 is 4.74 Å². The van der Waals surface area contributed by atoms with Crippen LogP contribution in [0, 0.1) is 0 Å². The van der Waals surface area contributed by atoms with E-state index in [1.807, 2.05) is 24.3 Å². The largest absolute Gasteiger partial charge is 0.487 e. The van der Waals surface area contributed by atoms with Gasteiger partial charge in [-0.1, -0.05) is 53.5 Å². The fraction of sp³-hybridized carbons (Fsp3) is 0.259. The summed E-state index contributed by atoms with van der Waals surface area (Å²) in [4.78, 5) is 26.0. The summed E-state index contributed by atoms with van der Waals surface area (Å²) in [5.74, 6) is -0.709. The number of benzene rings is 3. The highest BCUT2D eigenvalue weighted by Gasteiger charge is 2.32. The fourth-order valence-corrected chi connectivity index (χ4v) is 4.71. The predicted octanol–water partition coefficient (Wildman–Crippen LogP) is 6.05. The minimum Gasteiger partial charge on any atom is -0.487 e. The molecule has 3 aromatic carbocycles. The Morgan fingerprint density at radius 1 is 1.06 bits per heavy atom. The van der Waals surface area contributed by atoms with Gasteiger partial charge in [-0.25, -0.2) is 0 Å². The number of halogens is 2. The number of carboxylic acid groups (broad SMARTS) is 1. The maximum absolute atomic E-state index is 13.2. The topological polar surface area (TPSA) is 66.8 Å². The van der Waals surface area contributed by atoms with Crippen molar-refractivity contribution in [3.8, 4) is 5.75 Å². The van der Waals surface area contributed by atoms with Crippen LogP contribution in [0.4, 0.5) is 0 Å². The van der Waals surface area contributed by atoms with Crippen LogP contribution >= 0.6 is 23.2 Å². The Balaban J connectivity index is 1.53. The second-order valence-corrected chi connectivity index (χ2v) is 9.67. The number of carbonyl (C=O) groups is 2. The lowest BCUT2D eigenvalue weighted by molar-refractivity contribution is -0.137. The van der Waals surface area contributed by atoms with Crippen LogP contribution in [0.15, 0.2) is 66.7 Å². The number of aliphatic carboxylic acids is 1. The van der Waals surface area contributed by atoms with E-state index in [1.54, 1.807) is 42.5 Å². The minimum atomic E-state index is -1.08. The first kappa shape index (κ1) is 24.1. The number of aryl methyl sites for hydroxylation is 1. The zero-order chi connectivity index (χ0) is 24.3. The van der Waals surface area contributed by atoms with E-state index in [0.29, 0.717) is 21.2 Å². The monoisotopic (exact) mass is 497 g/mol. The fourth-order valence-electron chi connectivity index (χ4n) is 4.30. The lowest BCUT2D eigenvalue weighted by atomic mass is 9.87. The number of amides is 1. The summed E-state index contributed by atoms with van der Waals surface area (Å²) >= 11 is 12.4. The van der Waals surface area contributed by atoms with Crippen molar-refractivity contribution >= 4 is 35.1 Å². The highest BCUT2D eigenvalue weighted by molar-refractivity contribution is 6.31. The van der Waals surface area contributed by atoms with E-state index >= 15 is 0 Å². The van der Waals surface area contributed by atoms with Crippen molar-refractivity contribution in [3.63, 3.8) is 0 Å². The molecule has 7 heteroatoms. The Hall–Kier alpha value is -3.02. The number of carboxylic acids is 1. The van der Waals surface area contributed by atoms with Gasteiger partial charge in [-0.15, -0.1) is 0 Å². The smallest absolute Gasteiger partial charge is 0.323 e. The van der Waals surface area contributed by atoms with Crippen LogP contribution in [0.1, 0.15) is 40.4 Å². The first-order valence-corrected chi connectivity index (χ1v) is 11.8. The van der Waals surface area contributed by atoms with Gasteiger partial charge in [0.05, 0.1) is 0 Å². The van der Waals surface area contributed by atoms with E-state index in [9.17, 15) is 14.7 Å². The normalized spacial score (nSPS) is 16.9. The van der Waals surface area contributed by atoms with Crippen molar-refractivity contribution in [1.82, 2.24) is 4.90 Å². The third-order valence-corrected chi connectivity index (χ3v) is 6.59. The van der Waals surface area contributed by atoms with Crippen LogP contribution in [0.2, 0.25) is 10.0 Å². The number of hydrogen-bond donors (Lipinski definition) is 1. The Morgan fingerprint density at radius 2 is 1.85 bits per heavy atom. The predicted molar refractivity (Wildman–Crippen MR) is 133 cm³/mol. The molecule has 5 nitrogen and oxygen atoms in total. The van der Waals surface area contributed by atoms with Crippen LogP contribution in [-0.4, -0.2) is 34.0 Å². The molecule has 176 valence electrons. The SMILES string of the molecule is C[C@@]1(Cc2cccc(Cl)c2)CCc2cc(C(=O)N(CC(=O)O)Cc3ccccc3Cl)ccc2O1. The Bertz CT molecular complexity index is 1230. The van der Waals surface area contributed by atoms with Crippen LogP contribution in [0.3, 0.4) is 0 Å². The number of fused-ring (bicyclic) bond motifs is 1. The summed E-state index contributed by atoms with van der Waals surface area (Å²) in [6, 6.07) is 20.2. The minimum absolute atomic E-state index is 0.107. The second-order valence-electron chi connectivity index (χ2n) is 8.83. The summed E-state index contributed by atoms with van der Waals surface area (Å²) in [7, 11) is 0.